The van der Waals surface area contributed by atoms with E-state index in [0.29, 0.717) is 22.3 Å². The highest BCUT2D eigenvalue weighted by atomic mass is 35.5. The number of benzene rings is 3. The molecule has 0 bridgehead atoms. The molecule has 3 aromatic carbocycles. The molecular formula is C27H20Cl2N4O. The summed E-state index contributed by atoms with van der Waals surface area (Å²) in [7, 11) is 0. The van der Waals surface area contributed by atoms with E-state index < -0.39 is 0 Å². The molecule has 1 N–H and O–H groups in total. The van der Waals surface area contributed by atoms with Crippen LogP contribution in [-0.4, -0.2) is 28.3 Å². The minimum atomic E-state index is -0.298. The minimum Gasteiger partial charge on any atom is -0.306 e. The zero-order valence-corrected chi connectivity index (χ0v) is 19.5. The molecule has 0 spiro atoms. The van der Waals surface area contributed by atoms with Crippen molar-refractivity contribution in [1.82, 2.24) is 9.99 Å². The van der Waals surface area contributed by atoms with Gasteiger partial charge in [-0.2, -0.15) is 5.10 Å². The first-order valence-electron chi connectivity index (χ1n) is 10.8. The normalized spacial score (nSPS) is 15.2. The van der Waals surface area contributed by atoms with Gasteiger partial charge in [0.2, 0.25) is 0 Å². The van der Waals surface area contributed by atoms with Gasteiger partial charge in [0.25, 0.3) is 0 Å². The van der Waals surface area contributed by atoms with Crippen molar-refractivity contribution >= 4 is 40.6 Å². The number of aromatic nitrogens is 1. The number of halogens is 2. The van der Waals surface area contributed by atoms with Crippen LogP contribution in [0.3, 0.4) is 0 Å². The molecular weight excluding hydrogens is 467 g/mol. The summed E-state index contributed by atoms with van der Waals surface area (Å²) in [5.41, 5.74) is 5.29. The third-order valence-electron chi connectivity index (χ3n) is 5.66. The van der Waals surface area contributed by atoms with E-state index in [1.165, 1.54) is 5.01 Å². The largest absolute Gasteiger partial charge is 0.342 e. The highest BCUT2D eigenvalue weighted by Crippen LogP contribution is 2.30. The van der Waals surface area contributed by atoms with Crippen LogP contribution in [0, 0.1) is 0 Å². The zero-order valence-electron chi connectivity index (χ0n) is 18.0. The van der Waals surface area contributed by atoms with Crippen LogP contribution in [0.15, 0.2) is 102 Å². The molecule has 0 unspecified atom stereocenters. The van der Waals surface area contributed by atoms with Gasteiger partial charge in [-0.15, -0.1) is 0 Å². The number of urea groups is 1. The van der Waals surface area contributed by atoms with Crippen molar-refractivity contribution in [3.63, 3.8) is 0 Å². The number of rotatable bonds is 4. The van der Waals surface area contributed by atoms with Gasteiger partial charge in [0.05, 0.1) is 18.0 Å². The Morgan fingerprint density at radius 1 is 0.824 bits per heavy atom. The molecule has 2 amide bonds. The molecule has 0 saturated heterocycles. The fourth-order valence-corrected chi connectivity index (χ4v) is 4.16. The lowest BCUT2D eigenvalue weighted by atomic mass is 9.91. The predicted octanol–water partition coefficient (Wildman–Crippen LogP) is 7.09. The van der Waals surface area contributed by atoms with Crippen LogP contribution in [0.2, 0.25) is 10.0 Å². The molecule has 168 valence electrons. The van der Waals surface area contributed by atoms with Crippen molar-refractivity contribution in [1.29, 1.82) is 0 Å². The number of hydrogen-bond acceptors (Lipinski definition) is 3. The molecule has 4 aromatic rings. The molecule has 1 atom stereocenters. The average molecular weight is 487 g/mol. The molecule has 1 aliphatic rings. The lowest BCUT2D eigenvalue weighted by Crippen LogP contribution is -2.30. The Hall–Kier alpha value is -3.67. The van der Waals surface area contributed by atoms with Gasteiger partial charge >= 0.3 is 6.03 Å². The van der Waals surface area contributed by atoms with Gasteiger partial charge in [0, 0.05) is 33.4 Å². The molecule has 0 fully saturated rings. The van der Waals surface area contributed by atoms with Gasteiger partial charge in [0.1, 0.15) is 0 Å². The maximum absolute atomic E-state index is 13.1. The summed E-state index contributed by atoms with van der Waals surface area (Å²) >= 11 is 12.2. The second-order valence-corrected chi connectivity index (χ2v) is 8.77. The highest BCUT2D eigenvalue weighted by molar-refractivity contribution is 6.31. The number of hydrazone groups is 1. The van der Waals surface area contributed by atoms with E-state index >= 15 is 0 Å². The summed E-state index contributed by atoms with van der Waals surface area (Å²) in [6, 6.07) is 28.2. The molecule has 5 rings (SSSR count). The molecule has 34 heavy (non-hydrogen) atoms. The number of amides is 2. The van der Waals surface area contributed by atoms with Gasteiger partial charge in [-0.1, -0.05) is 65.7 Å². The van der Waals surface area contributed by atoms with Crippen molar-refractivity contribution in [2.24, 2.45) is 5.10 Å². The minimum absolute atomic E-state index is 0.0873. The maximum atomic E-state index is 13.1. The molecule has 0 radical (unpaired) electrons. The Morgan fingerprint density at radius 2 is 1.47 bits per heavy atom. The van der Waals surface area contributed by atoms with Gasteiger partial charge in [0.15, 0.2) is 0 Å². The summed E-state index contributed by atoms with van der Waals surface area (Å²) in [5.74, 6) is -0.0873. The van der Waals surface area contributed by atoms with Crippen LogP contribution in [-0.2, 0) is 0 Å². The van der Waals surface area contributed by atoms with Crippen LogP contribution in [0.25, 0.3) is 11.3 Å². The molecule has 1 aromatic heterocycles. The van der Waals surface area contributed by atoms with E-state index in [2.05, 4.69) is 15.4 Å². The van der Waals surface area contributed by atoms with Gasteiger partial charge in [-0.3, -0.25) is 4.98 Å². The molecule has 7 heteroatoms. The topological polar surface area (TPSA) is 57.6 Å². The van der Waals surface area contributed by atoms with E-state index in [0.717, 1.165) is 28.1 Å². The first-order valence-corrected chi connectivity index (χ1v) is 11.5. The van der Waals surface area contributed by atoms with E-state index in [-0.39, 0.29) is 11.9 Å². The summed E-state index contributed by atoms with van der Waals surface area (Å²) < 4.78 is 0. The number of hydrogen-bond donors (Lipinski definition) is 1. The Balaban J connectivity index is 1.37. The van der Waals surface area contributed by atoms with E-state index in [9.17, 15) is 4.79 Å². The average Bonchev–Trinajstić information content (AvgIpc) is 3.32. The van der Waals surface area contributed by atoms with Crippen molar-refractivity contribution in [3.05, 3.63) is 118 Å². The summed E-state index contributed by atoms with van der Waals surface area (Å²) in [5, 5.41) is 10.4. The summed E-state index contributed by atoms with van der Waals surface area (Å²) in [4.78, 5) is 17.4. The van der Waals surface area contributed by atoms with Crippen LogP contribution < -0.4 is 5.32 Å². The fourth-order valence-electron chi connectivity index (χ4n) is 3.91. The SMILES string of the molecule is O=C(Nc1ccc(-c2ccccn2)cc1)N1C[C@H](c2ccc(Cl)cc2)C(c2ccc(Cl)cc2)=N1. The molecule has 5 nitrogen and oxygen atoms in total. The predicted molar refractivity (Wildman–Crippen MR) is 138 cm³/mol. The van der Waals surface area contributed by atoms with Gasteiger partial charge in [-0.25, -0.2) is 9.80 Å². The monoisotopic (exact) mass is 486 g/mol. The van der Waals surface area contributed by atoms with Crippen LogP contribution >= 0.6 is 23.2 Å². The van der Waals surface area contributed by atoms with E-state index in [1.54, 1.807) is 6.20 Å². The zero-order chi connectivity index (χ0) is 23.5. The standard InChI is InChI=1S/C27H20Cl2N4O/c28-21-10-4-18(5-11-21)24-17-33(32-26(24)20-6-12-22(29)13-7-20)27(34)31-23-14-8-19(9-15-23)25-3-1-2-16-30-25/h1-16,24H,17H2,(H,31,34)/t24-/m1/s1. The summed E-state index contributed by atoms with van der Waals surface area (Å²) in [6.07, 6.45) is 1.76. The lowest BCUT2D eigenvalue weighted by Gasteiger charge is -2.16. The molecule has 1 aliphatic heterocycles. The molecule has 0 aliphatic carbocycles. The maximum Gasteiger partial charge on any atom is 0.342 e. The van der Waals surface area contributed by atoms with Crippen LogP contribution in [0.5, 0.6) is 0 Å². The first-order chi connectivity index (χ1) is 16.6. The second-order valence-electron chi connectivity index (χ2n) is 7.90. The van der Waals surface area contributed by atoms with Crippen molar-refractivity contribution < 1.29 is 4.79 Å². The smallest absolute Gasteiger partial charge is 0.306 e. The number of carbonyl (C=O) groups is 1. The van der Waals surface area contributed by atoms with E-state index in [4.69, 9.17) is 23.2 Å². The number of nitrogens with zero attached hydrogens (tertiary/aromatic N) is 3. The fraction of sp³-hybridized carbons (Fsp3) is 0.0741. The quantitative estimate of drug-likeness (QED) is 0.334. The summed E-state index contributed by atoms with van der Waals surface area (Å²) in [6.45, 7) is 0.414. The number of anilines is 1. The van der Waals surface area contributed by atoms with Gasteiger partial charge < -0.3 is 5.32 Å². The van der Waals surface area contributed by atoms with Gasteiger partial charge in [-0.05, 0) is 59.7 Å². The van der Waals surface area contributed by atoms with E-state index in [1.807, 2.05) is 91.0 Å². The van der Waals surface area contributed by atoms with Crippen LogP contribution in [0.4, 0.5) is 10.5 Å². The number of pyridine rings is 1. The Labute approximate surface area is 207 Å². The second kappa shape index (κ2) is 9.67. The van der Waals surface area contributed by atoms with Crippen molar-refractivity contribution in [2.45, 2.75) is 5.92 Å². The number of nitrogens with one attached hydrogen (secondary N) is 1. The number of carbonyl (C=O) groups excluding carboxylic acids is 1. The Bertz CT molecular complexity index is 1320. The highest BCUT2D eigenvalue weighted by Gasteiger charge is 2.32. The Morgan fingerprint density at radius 3 is 2.12 bits per heavy atom. The molecule has 2 heterocycles. The Kier molecular flexibility index (Phi) is 6.30. The van der Waals surface area contributed by atoms with Crippen molar-refractivity contribution in [2.75, 3.05) is 11.9 Å². The van der Waals surface area contributed by atoms with Crippen molar-refractivity contribution in [3.8, 4) is 11.3 Å². The van der Waals surface area contributed by atoms with Crippen LogP contribution in [0.1, 0.15) is 17.0 Å². The lowest BCUT2D eigenvalue weighted by molar-refractivity contribution is 0.218. The first kappa shape index (κ1) is 22.1. The third kappa shape index (κ3) is 4.81. The molecule has 0 saturated carbocycles. The third-order valence-corrected chi connectivity index (χ3v) is 6.16.